The number of aryl methyl sites for hydroxylation is 1. The smallest absolute Gasteiger partial charge is 0.191 e. The van der Waals surface area contributed by atoms with Crippen LogP contribution in [0.25, 0.3) is 0 Å². The molecule has 4 nitrogen and oxygen atoms in total. The van der Waals surface area contributed by atoms with Crippen LogP contribution in [-0.4, -0.2) is 18.0 Å². The van der Waals surface area contributed by atoms with Crippen LogP contribution in [0.3, 0.4) is 0 Å². The maximum atomic E-state index is 5.86. The van der Waals surface area contributed by atoms with Crippen LogP contribution in [0, 0.1) is 6.92 Å². The van der Waals surface area contributed by atoms with E-state index in [0.29, 0.717) is 13.1 Å². The topological polar surface area (TPSA) is 49.3 Å². The molecular weight excluding hydrogens is 419 g/mol. The van der Waals surface area contributed by atoms with Gasteiger partial charge in [0.05, 0.1) is 6.54 Å². The summed E-state index contributed by atoms with van der Waals surface area (Å²) in [6.07, 6.45) is 1.88. The molecule has 7 heteroatoms. The van der Waals surface area contributed by atoms with Crippen molar-refractivity contribution in [3.63, 3.8) is 0 Å². The Hall–Kier alpha value is -0.860. The Balaban J connectivity index is 0.00000220. The Bertz CT molecular complexity index is 583. The second kappa shape index (κ2) is 9.22. The molecule has 2 N–H and O–H groups in total. The first-order valence-corrected chi connectivity index (χ1v) is 7.47. The van der Waals surface area contributed by atoms with E-state index in [9.17, 15) is 0 Å². The second-order valence-corrected chi connectivity index (χ2v) is 6.03. The Morgan fingerprint density at radius 3 is 2.48 bits per heavy atom. The monoisotopic (exact) mass is 436 g/mol. The number of aromatic nitrogens is 1. The zero-order valence-electron chi connectivity index (χ0n) is 11.9. The van der Waals surface area contributed by atoms with Gasteiger partial charge < -0.3 is 10.6 Å². The summed E-state index contributed by atoms with van der Waals surface area (Å²) in [5.41, 5.74) is 1.16. The average molecular weight is 437 g/mol. The van der Waals surface area contributed by atoms with Crippen molar-refractivity contribution in [2.24, 2.45) is 4.99 Å². The average Bonchev–Trinajstić information content (AvgIpc) is 2.87. The quantitative estimate of drug-likeness (QED) is 0.437. The number of hydrogen-bond donors (Lipinski definition) is 2. The molecule has 1 heterocycles. The highest BCUT2D eigenvalue weighted by atomic mass is 127. The van der Waals surface area contributed by atoms with Gasteiger partial charge in [0.25, 0.3) is 0 Å². The number of hydrogen-bond acceptors (Lipinski definition) is 3. The molecule has 0 spiro atoms. The van der Waals surface area contributed by atoms with E-state index < -0.39 is 0 Å². The highest BCUT2D eigenvalue weighted by molar-refractivity contribution is 14.0. The largest absolute Gasteiger partial charge is 0.352 e. The zero-order chi connectivity index (χ0) is 14.4. The summed E-state index contributed by atoms with van der Waals surface area (Å²) in [5, 5.41) is 8.29. The standard InChI is InChI=1S/C14H17ClN4S.HI/c1-10-7-17-13(20-10)9-19-14(16-2)18-8-11-3-5-12(15)6-4-11;/h3-7H,8-9H2,1-2H3,(H2,16,18,19);1H. The molecule has 0 amide bonds. The number of aliphatic imine (C=N–C) groups is 1. The molecule has 2 rings (SSSR count). The van der Waals surface area contributed by atoms with E-state index >= 15 is 0 Å². The molecule has 0 unspecified atom stereocenters. The van der Waals surface area contributed by atoms with E-state index in [2.05, 4.69) is 27.5 Å². The Labute approximate surface area is 151 Å². The summed E-state index contributed by atoms with van der Waals surface area (Å²) in [6, 6.07) is 7.75. The highest BCUT2D eigenvalue weighted by Gasteiger charge is 2.01. The van der Waals surface area contributed by atoms with Crippen LogP contribution in [0.2, 0.25) is 5.02 Å². The van der Waals surface area contributed by atoms with Gasteiger partial charge in [0.2, 0.25) is 0 Å². The van der Waals surface area contributed by atoms with Crippen molar-refractivity contribution in [1.82, 2.24) is 15.6 Å². The van der Waals surface area contributed by atoms with Crippen molar-refractivity contribution in [3.05, 3.63) is 50.9 Å². The summed E-state index contributed by atoms with van der Waals surface area (Å²) >= 11 is 7.54. The summed E-state index contributed by atoms with van der Waals surface area (Å²) in [4.78, 5) is 9.71. The van der Waals surface area contributed by atoms with Gasteiger partial charge in [-0.15, -0.1) is 35.3 Å². The molecule has 0 atom stereocenters. The van der Waals surface area contributed by atoms with Gasteiger partial charge in [-0.2, -0.15) is 0 Å². The summed E-state index contributed by atoms with van der Waals surface area (Å²) in [7, 11) is 1.75. The highest BCUT2D eigenvalue weighted by Crippen LogP contribution is 2.10. The third kappa shape index (κ3) is 6.19. The first-order valence-electron chi connectivity index (χ1n) is 6.27. The van der Waals surface area contributed by atoms with Crippen LogP contribution in [0.15, 0.2) is 35.5 Å². The number of halogens is 2. The predicted molar refractivity (Wildman–Crippen MR) is 101 cm³/mol. The Kier molecular flexibility index (Phi) is 7.98. The summed E-state index contributed by atoms with van der Waals surface area (Å²) in [6.45, 7) is 3.43. The lowest BCUT2D eigenvalue weighted by Crippen LogP contribution is -2.36. The van der Waals surface area contributed by atoms with Gasteiger partial charge in [-0.05, 0) is 24.6 Å². The van der Waals surface area contributed by atoms with Gasteiger partial charge in [-0.25, -0.2) is 4.98 Å². The van der Waals surface area contributed by atoms with E-state index in [1.807, 2.05) is 30.5 Å². The molecule has 21 heavy (non-hydrogen) atoms. The number of nitrogens with one attached hydrogen (secondary N) is 2. The third-order valence-corrected chi connectivity index (χ3v) is 3.84. The van der Waals surface area contributed by atoms with E-state index in [0.717, 1.165) is 21.6 Å². The molecule has 0 aliphatic carbocycles. The van der Waals surface area contributed by atoms with Crippen molar-refractivity contribution in [2.75, 3.05) is 7.05 Å². The van der Waals surface area contributed by atoms with Gasteiger partial charge in [-0.1, -0.05) is 23.7 Å². The lowest BCUT2D eigenvalue weighted by atomic mass is 10.2. The maximum Gasteiger partial charge on any atom is 0.191 e. The minimum Gasteiger partial charge on any atom is -0.352 e. The van der Waals surface area contributed by atoms with Crippen LogP contribution >= 0.6 is 46.9 Å². The van der Waals surface area contributed by atoms with Crippen molar-refractivity contribution in [1.29, 1.82) is 0 Å². The minimum absolute atomic E-state index is 0. The molecule has 0 radical (unpaired) electrons. The van der Waals surface area contributed by atoms with Gasteiger partial charge in [0.15, 0.2) is 5.96 Å². The molecule has 1 aromatic carbocycles. The summed E-state index contributed by atoms with van der Waals surface area (Å²) in [5.74, 6) is 0.757. The van der Waals surface area contributed by atoms with E-state index in [1.165, 1.54) is 4.88 Å². The minimum atomic E-state index is 0. The number of benzene rings is 1. The van der Waals surface area contributed by atoms with Gasteiger partial charge >= 0.3 is 0 Å². The fraction of sp³-hybridized carbons (Fsp3) is 0.286. The van der Waals surface area contributed by atoms with Crippen LogP contribution in [0.4, 0.5) is 0 Å². The van der Waals surface area contributed by atoms with E-state index in [-0.39, 0.29) is 24.0 Å². The molecule has 2 aromatic rings. The lowest BCUT2D eigenvalue weighted by molar-refractivity contribution is 0.805. The molecule has 0 saturated carbocycles. The van der Waals surface area contributed by atoms with E-state index in [4.69, 9.17) is 11.6 Å². The van der Waals surface area contributed by atoms with Crippen LogP contribution < -0.4 is 10.6 Å². The molecule has 1 aromatic heterocycles. The van der Waals surface area contributed by atoms with Crippen molar-refractivity contribution in [3.8, 4) is 0 Å². The lowest BCUT2D eigenvalue weighted by Gasteiger charge is -2.10. The third-order valence-electron chi connectivity index (χ3n) is 2.67. The number of rotatable bonds is 4. The first-order chi connectivity index (χ1) is 9.67. The molecule has 0 aliphatic rings. The molecule has 114 valence electrons. The van der Waals surface area contributed by atoms with Crippen molar-refractivity contribution in [2.45, 2.75) is 20.0 Å². The second-order valence-electron chi connectivity index (χ2n) is 4.27. The van der Waals surface area contributed by atoms with Gasteiger partial charge in [0, 0.05) is 29.7 Å². The first kappa shape index (κ1) is 18.2. The van der Waals surface area contributed by atoms with Crippen LogP contribution in [0.1, 0.15) is 15.4 Å². The normalized spacial score (nSPS) is 10.9. The van der Waals surface area contributed by atoms with Crippen molar-refractivity contribution < 1.29 is 0 Å². The number of guanidine groups is 1. The number of nitrogens with zero attached hydrogens (tertiary/aromatic N) is 2. The molecular formula is C14H18ClIN4S. The molecule has 0 aliphatic heterocycles. The fourth-order valence-corrected chi connectivity index (χ4v) is 2.50. The SMILES string of the molecule is CN=C(NCc1ccc(Cl)cc1)NCc1ncc(C)s1.I. The van der Waals surface area contributed by atoms with Gasteiger partial charge in [-0.3, -0.25) is 4.99 Å². The Morgan fingerprint density at radius 2 is 1.90 bits per heavy atom. The predicted octanol–water partition coefficient (Wildman–Crippen LogP) is 3.59. The van der Waals surface area contributed by atoms with Crippen LogP contribution in [-0.2, 0) is 13.1 Å². The molecule has 0 fully saturated rings. The van der Waals surface area contributed by atoms with Crippen molar-refractivity contribution >= 4 is 52.9 Å². The zero-order valence-corrected chi connectivity index (χ0v) is 15.8. The fourth-order valence-electron chi connectivity index (χ4n) is 1.65. The summed E-state index contributed by atoms with van der Waals surface area (Å²) < 4.78 is 0. The van der Waals surface area contributed by atoms with E-state index in [1.54, 1.807) is 18.4 Å². The maximum absolute atomic E-state index is 5.86. The molecule has 0 bridgehead atoms. The molecule has 0 saturated heterocycles. The Morgan fingerprint density at radius 1 is 1.24 bits per heavy atom. The van der Waals surface area contributed by atoms with Crippen LogP contribution in [0.5, 0.6) is 0 Å². The van der Waals surface area contributed by atoms with Gasteiger partial charge in [0.1, 0.15) is 5.01 Å². The number of thiazole rings is 1.